The molecular weight excluding hydrogens is 550 g/mol. The maximum atomic E-state index is 14.6. The van der Waals surface area contributed by atoms with Crippen molar-refractivity contribution in [3.63, 3.8) is 0 Å². The number of likely N-dealkylation sites (tertiary alicyclic amines) is 1. The van der Waals surface area contributed by atoms with E-state index >= 15 is 0 Å². The molecule has 230 valence electrons. The molecule has 1 aromatic carbocycles. The lowest BCUT2D eigenvalue weighted by Crippen LogP contribution is -2.56. The van der Waals surface area contributed by atoms with E-state index in [0.29, 0.717) is 39.0 Å². The normalized spacial score (nSPS) is 31.5. The van der Waals surface area contributed by atoms with Gasteiger partial charge in [-0.25, -0.2) is 4.68 Å². The Hall–Kier alpha value is -3.57. The van der Waals surface area contributed by atoms with Gasteiger partial charge in [-0.05, 0) is 50.7 Å². The van der Waals surface area contributed by atoms with E-state index in [9.17, 15) is 19.5 Å². The van der Waals surface area contributed by atoms with Crippen LogP contribution in [0.5, 0.6) is 0 Å². The summed E-state index contributed by atoms with van der Waals surface area (Å²) in [6.45, 7) is 3.18. The molecule has 1 aromatic heterocycles. The highest BCUT2D eigenvalue weighted by Crippen LogP contribution is 2.58. The van der Waals surface area contributed by atoms with Crippen LogP contribution in [0.1, 0.15) is 58.3 Å². The van der Waals surface area contributed by atoms with Gasteiger partial charge in [-0.1, -0.05) is 61.4 Å². The molecule has 1 spiro atoms. The van der Waals surface area contributed by atoms with Crippen LogP contribution in [-0.4, -0.2) is 91.2 Å². The second-order valence-corrected chi connectivity index (χ2v) is 12.0. The number of rotatable bonds is 9. The topological polar surface area (TPSA) is 127 Å². The average molecular weight is 592 g/mol. The summed E-state index contributed by atoms with van der Waals surface area (Å²) in [6.07, 6.45) is 13.7. The summed E-state index contributed by atoms with van der Waals surface area (Å²) in [5.41, 5.74) is -0.853. The standard InChI is InChI=1S/C32H41N5O6/c1-2-31-16-9-3-6-12-21-42-30(41)26(31)25-28(39)36(19-10-4-5-11-20-38)27-29(40)35(18-13-17-32(25,27)43-31)22-37-24-15-8-7-14-23(24)33-34-37/h7-9,13-17,25-27,38H,2-6,10-12,18-22H2,1H3/b16-9-/t25-,26+,27?,31-,32-/m0/s1. The molecule has 0 saturated carbocycles. The Balaban J connectivity index is 1.39. The zero-order chi connectivity index (χ0) is 30.0. The smallest absolute Gasteiger partial charge is 0.313 e. The number of para-hydroxylation sites is 1. The van der Waals surface area contributed by atoms with Gasteiger partial charge in [0, 0.05) is 19.7 Å². The van der Waals surface area contributed by atoms with Crippen LogP contribution in [0.2, 0.25) is 0 Å². The number of amides is 2. The summed E-state index contributed by atoms with van der Waals surface area (Å²) < 4.78 is 14.5. The van der Waals surface area contributed by atoms with Crippen molar-refractivity contribution in [2.24, 2.45) is 11.8 Å². The third-order valence-corrected chi connectivity index (χ3v) is 9.50. The average Bonchev–Trinajstić information content (AvgIpc) is 3.59. The molecule has 4 aliphatic heterocycles. The first kappa shape index (κ1) is 29.5. The Morgan fingerprint density at radius 3 is 2.67 bits per heavy atom. The first-order chi connectivity index (χ1) is 21.0. The number of carbonyl (C=O) groups is 3. The number of aliphatic hydroxyl groups excluding tert-OH is 1. The lowest BCUT2D eigenvalue weighted by molar-refractivity contribution is -0.161. The summed E-state index contributed by atoms with van der Waals surface area (Å²) in [4.78, 5) is 46.2. The monoisotopic (exact) mass is 591 g/mol. The van der Waals surface area contributed by atoms with E-state index in [1.807, 2.05) is 49.4 Å². The largest absolute Gasteiger partial charge is 0.465 e. The van der Waals surface area contributed by atoms with Gasteiger partial charge >= 0.3 is 5.97 Å². The number of nitrogens with zero attached hydrogens (tertiary/aromatic N) is 5. The van der Waals surface area contributed by atoms with Gasteiger partial charge in [-0.3, -0.25) is 14.4 Å². The zero-order valence-electron chi connectivity index (χ0n) is 24.8. The molecule has 5 atom stereocenters. The van der Waals surface area contributed by atoms with Gasteiger partial charge in [-0.2, -0.15) is 0 Å². The molecule has 0 bridgehead atoms. The Labute approximate surface area is 251 Å². The number of ether oxygens (including phenoxy) is 2. The number of hydrogen-bond donors (Lipinski definition) is 1. The number of aliphatic hydroxyl groups is 1. The van der Waals surface area contributed by atoms with Crippen molar-refractivity contribution >= 4 is 28.8 Å². The molecule has 0 aliphatic carbocycles. The minimum absolute atomic E-state index is 0.121. The molecule has 2 amide bonds. The predicted octanol–water partition coefficient (Wildman–Crippen LogP) is 2.98. The third kappa shape index (κ3) is 5.06. The van der Waals surface area contributed by atoms with E-state index in [2.05, 4.69) is 16.4 Å². The van der Waals surface area contributed by atoms with Crippen LogP contribution in [0.25, 0.3) is 11.0 Å². The molecule has 5 heterocycles. The van der Waals surface area contributed by atoms with E-state index in [1.54, 1.807) is 14.5 Å². The quantitative estimate of drug-likeness (QED) is 0.268. The van der Waals surface area contributed by atoms with Crippen LogP contribution in [-0.2, 0) is 30.5 Å². The van der Waals surface area contributed by atoms with Gasteiger partial charge in [0.2, 0.25) is 5.91 Å². The molecule has 1 N–H and O–H groups in total. The molecule has 11 nitrogen and oxygen atoms in total. The molecule has 2 saturated heterocycles. The summed E-state index contributed by atoms with van der Waals surface area (Å²) in [6, 6.07) is 6.63. The second-order valence-electron chi connectivity index (χ2n) is 12.0. The van der Waals surface area contributed by atoms with E-state index < -0.39 is 35.0 Å². The van der Waals surface area contributed by atoms with Crippen LogP contribution in [0, 0.1) is 11.8 Å². The minimum Gasteiger partial charge on any atom is -0.465 e. The van der Waals surface area contributed by atoms with Gasteiger partial charge in [0.05, 0.1) is 18.0 Å². The number of allylic oxidation sites excluding steroid dienone is 1. The predicted molar refractivity (Wildman–Crippen MR) is 157 cm³/mol. The SMILES string of the molecule is CC[C@]12/C=C\CCCCOC(=O)[C@H]1[C@H]1C(=O)N(CCCCCCO)C3C(=O)N(Cn4nnc5ccccc54)CC=C[C@@]31O2. The van der Waals surface area contributed by atoms with Crippen LogP contribution in [0.3, 0.4) is 0 Å². The molecule has 6 rings (SSSR count). The summed E-state index contributed by atoms with van der Waals surface area (Å²) in [5.74, 6) is -2.70. The maximum absolute atomic E-state index is 14.6. The van der Waals surface area contributed by atoms with Crippen molar-refractivity contribution in [2.45, 2.75) is 82.2 Å². The summed E-state index contributed by atoms with van der Waals surface area (Å²) in [7, 11) is 0. The van der Waals surface area contributed by atoms with Crippen LogP contribution in [0.4, 0.5) is 0 Å². The van der Waals surface area contributed by atoms with Crippen LogP contribution < -0.4 is 0 Å². The number of carbonyl (C=O) groups excluding carboxylic acids is 3. The van der Waals surface area contributed by atoms with Gasteiger partial charge < -0.3 is 24.4 Å². The summed E-state index contributed by atoms with van der Waals surface area (Å²) >= 11 is 0. The number of esters is 1. The first-order valence-corrected chi connectivity index (χ1v) is 15.7. The molecule has 1 unspecified atom stereocenters. The van der Waals surface area contributed by atoms with E-state index in [0.717, 1.165) is 43.1 Å². The van der Waals surface area contributed by atoms with E-state index in [4.69, 9.17) is 9.47 Å². The number of benzene rings is 1. The van der Waals surface area contributed by atoms with Crippen molar-refractivity contribution in [3.8, 4) is 0 Å². The third-order valence-electron chi connectivity index (χ3n) is 9.50. The van der Waals surface area contributed by atoms with Gasteiger partial charge in [0.1, 0.15) is 35.3 Å². The van der Waals surface area contributed by atoms with E-state index in [-0.39, 0.29) is 25.1 Å². The van der Waals surface area contributed by atoms with Crippen molar-refractivity contribution < 1.29 is 29.0 Å². The lowest BCUT2D eigenvalue weighted by atomic mass is 9.73. The number of hydrogen-bond acceptors (Lipinski definition) is 8. The first-order valence-electron chi connectivity index (χ1n) is 15.7. The molecule has 2 fully saturated rings. The fraction of sp³-hybridized carbons (Fsp3) is 0.594. The number of cyclic esters (lactones) is 1. The van der Waals surface area contributed by atoms with Crippen molar-refractivity contribution in [1.29, 1.82) is 0 Å². The zero-order valence-corrected chi connectivity index (χ0v) is 24.8. The van der Waals surface area contributed by atoms with Gasteiger partial charge in [-0.15, -0.1) is 5.10 Å². The van der Waals surface area contributed by atoms with Crippen molar-refractivity contribution in [2.75, 3.05) is 26.3 Å². The highest BCUT2D eigenvalue weighted by molar-refractivity contribution is 5.99. The minimum atomic E-state index is -1.32. The Morgan fingerprint density at radius 1 is 1.00 bits per heavy atom. The second kappa shape index (κ2) is 12.2. The summed E-state index contributed by atoms with van der Waals surface area (Å²) in [5, 5.41) is 17.8. The van der Waals surface area contributed by atoms with Crippen molar-refractivity contribution in [3.05, 3.63) is 48.6 Å². The highest BCUT2D eigenvalue weighted by Gasteiger charge is 2.75. The molecule has 11 heteroatoms. The highest BCUT2D eigenvalue weighted by atomic mass is 16.6. The molecule has 4 aliphatic rings. The van der Waals surface area contributed by atoms with Crippen LogP contribution in [0.15, 0.2) is 48.6 Å². The van der Waals surface area contributed by atoms with E-state index in [1.165, 1.54) is 0 Å². The van der Waals surface area contributed by atoms with Crippen LogP contribution >= 0.6 is 0 Å². The fourth-order valence-electron chi connectivity index (χ4n) is 7.38. The van der Waals surface area contributed by atoms with Gasteiger partial charge in [0.25, 0.3) is 5.91 Å². The fourth-order valence-corrected chi connectivity index (χ4v) is 7.38. The molecular formula is C32H41N5O6. The number of unbranched alkanes of at least 4 members (excludes halogenated alkanes) is 3. The number of fused-ring (bicyclic) bond motifs is 3. The molecule has 2 aromatic rings. The number of aromatic nitrogens is 3. The molecule has 43 heavy (non-hydrogen) atoms. The van der Waals surface area contributed by atoms with Crippen molar-refractivity contribution in [1.82, 2.24) is 24.8 Å². The molecule has 0 radical (unpaired) electrons. The maximum Gasteiger partial charge on any atom is 0.313 e. The Morgan fingerprint density at radius 2 is 1.84 bits per heavy atom. The Kier molecular flexibility index (Phi) is 8.37. The Bertz CT molecular complexity index is 1420. The van der Waals surface area contributed by atoms with Gasteiger partial charge in [0.15, 0.2) is 0 Å². The lowest BCUT2D eigenvalue weighted by Gasteiger charge is -2.38.